The van der Waals surface area contributed by atoms with Crippen molar-refractivity contribution in [3.63, 3.8) is 0 Å². The molecule has 1 amide bonds. The molecule has 0 radical (unpaired) electrons. The van der Waals surface area contributed by atoms with Crippen LogP contribution in [0.4, 0.5) is 0 Å². The molecule has 0 spiro atoms. The number of likely N-dealkylation sites (tertiary alicyclic amines) is 1. The lowest BCUT2D eigenvalue weighted by Crippen LogP contribution is -2.44. The van der Waals surface area contributed by atoms with Crippen LogP contribution < -0.4 is 5.32 Å². The summed E-state index contributed by atoms with van der Waals surface area (Å²) in [6, 6.07) is 0. The smallest absolute Gasteiger partial charge is 0.223 e. The number of aliphatic hydroxyl groups is 1. The largest absolute Gasteiger partial charge is 0.395 e. The summed E-state index contributed by atoms with van der Waals surface area (Å²) in [5, 5.41) is 12.1. The summed E-state index contributed by atoms with van der Waals surface area (Å²) in [4.78, 5) is 26.9. The van der Waals surface area contributed by atoms with Crippen molar-refractivity contribution in [1.29, 1.82) is 0 Å². The summed E-state index contributed by atoms with van der Waals surface area (Å²) >= 11 is 0. The molecule has 1 heterocycles. The van der Waals surface area contributed by atoms with Gasteiger partial charge in [0.2, 0.25) is 5.91 Å². The van der Waals surface area contributed by atoms with E-state index in [9.17, 15) is 9.59 Å². The third-order valence-corrected chi connectivity index (χ3v) is 6.11. The zero-order chi connectivity index (χ0) is 16.2. The second-order valence-electron chi connectivity index (χ2n) is 7.65. The molecule has 2 bridgehead atoms. The number of hydrogen-bond donors (Lipinski definition) is 2. The molecule has 2 aliphatic carbocycles. The number of fused-ring (bicyclic) bond motifs is 2. The second kappa shape index (κ2) is 7.75. The predicted molar refractivity (Wildman–Crippen MR) is 87.8 cm³/mol. The Morgan fingerprint density at radius 2 is 1.78 bits per heavy atom. The van der Waals surface area contributed by atoms with E-state index in [1.54, 1.807) is 0 Å². The van der Waals surface area contributed by atoms with Crippen LogP contribution in [0.3, 0.4) is 0 Å². The van der Waals surface area contributed by atoms with E-state index in [2.05, 4.69) is 10.2 Å². The maximum absolute atomic E-state index is 12.5. The van der Waals surface area contributed by atoms with E-state index < -0.39 is 0 Å². The van der Waals surface area contributed by atoms with Crippen molar-refractivity contribution >= 4 is 11.7 Å². The first-order valence-corrected chi connectivity index (χ1v) is 9.32. The highest BCUT2D eigenvalue weighted by atomic mass is 16.3. The van der Waals surface area contributed by atoms with Gasteiger partial charge in [-0.3, -0.25) is 9.59 Å². The highest BCUT2D eigenvalue weighted by Crippen LogP contribution is 2.40. The Morgan fingerprint density at radius 1 is 1.13 bits per heavy atom. The fourth-order valence-electron chi connectivity index (χ4n) is 4.64. The molecule has 1 unspecified atom stereocenters. The summed E-state index contributed by atoms with van der Waals surface area (Å²) in [7, 11) is 0. The van der Waals surface area contributed by atoms with E-state index in [1.807, 2.05) is 0 Å². The number of β-amino-alcohol motifs (C(OH)–C–C–N with tert-alkyl or cyclic N) is 1. The summed E-state index contributed by atoms with van der Waals surface area (Å²) in [5.74, 6) is 1.51. The van der Waals surface area contributed by atoms with Gasteiger partial charge in [-0.1, -0.05) is 6.42 Å². The van der Waals surface area contributed by atoms with Crippen molar-refractivity contribution in [3.05, 3.63) is 0 Å². The molecule has 3 rings (SSSR count). The standard InChI is InChI=1S/C18H30N2O3/c21-9-8-20-6-4-13(5-7-20)12-19-18(23)16-10-14-2-1-3-15(11-16)17(14)22/h13-16,21H,1-12H2,(H,19,23)/t14-,15+,16?. The highest BCUT2D eigenvalue weighted by molar-refractivity contribution is 5.88. The number of Topliss-reactive ketones (excluding diaryl/α,β-unsaturated/α-hetero) is 1. The zero-order valence-electron chi connectivity index (χ0n) is 14.0. The van der Waals surface area contributed by atoms with Crippen molar-refractivity contribution in [2.24, 2.45) is 23.7 Å². The molecule has 3 fully saturated rings. The number of carbonyl (C=O) groups is 2. The minimum Gasteiger partial charge on any atom is -0.395 e. The zero-order valence-corrected chi connectivity index (χ0v) is 14.0. The number of ketones is 1. The van der Waals surface area contributed by atoms with Crippen molar-refractivity contribution in [2.45, 2.75) is 44.9 Å². The van der Waals surface area contributed by atoms with Gasteiger partial charge in [-0.2, -0.15) is 0 Å². The minimum atomic E-state index is 0.0532. The molecular weight excluding hydrogens is 292 g/mol. The molecule has 1 aliphatic heterocycles. The Balaban J connectivity index is 1.41. The average molecular weight is 322 g/mol. The normalized spacial score (nSPS) is 32.7. The summed E-state index contributed by atoms with van der Waals surface area (Å²) < 4.78 is 0. The fraction of sp³-hybridized carbons (Fsp3) is 0.889. The Hall–Kier alpha value is -0.940. The second-order valence-corrected chi connectivity index (χ2v) is 7.65. The lowest BCUT2D eigenvalue weighted by Gasteiger charge is -2.37. The van der Waals surface area contributed by atoms with Crippen LogP contribution in [-0.2, 0) is 9.59 Å². The highest BCUT2D eigenvalue weighted by Gasteiger charge is 2.41. The maximum atomic E-state index is 12.5. The molecule has 3 aliphatic rings. The number of piperidine rings is 1. The van der Waals surface area contributed by atoms with Crippen molar-refractivity contribution < 1.29 is 14.7 Å². The SMILES string of the molecule is O=C(NCC1CCN(CCO)CC1)C1C[C@H]2CCC[C@@H](C1)C2=O. The summed E-state index contributed by atoms with van der Waals surface area (Å²) in [6.45, 7) is 3.79. The van der Waals surface area contributed by atoms with Crippen LogP contribution >= 0.6 is 0 Å². The number of aliphatic hydroxyl groups excluding tert-OH is 1. The Morgan fingerprint density at radius 3 is 2.39 bits per heavy atom. The Kier molecular flexibility index (Phi) is 5.70. The molecular formula is C18H30N2O3. The van der Waals surface area contributed by atoms with Crippen LogP contribution in [0.25, 0.3) is 0 Å². The van der Waals surface area contributed by atoms with Crippen LogP contribution in [0.1, 0.15) is 44.9 Å². The van der Waals surface area contributed by atoms with Gasteiger partial charge in [-0.15, -0.1) is 0 Å². The molecule has 23 heavy (non-hydrogen) atoms. The quantitative estimate of drug-likeness (QED) is 0.798. The van der Waals surface area contributed by atoms with Gasteiger partial charge in [0.25, 0.3) is 0 Å². The lowest BCUT2D eigenvalue weighted by atomic mass is 9.67. The number of nitrogens with one attached hydrogen (secondary N) is 1. The van der Waals surface area contributed by atoms with Gasteiger partial charge in [0.1, 0.15) is 5.78 Å². The van der Waals surface area contributed by atoms with E-state index in [-0.39, 0.29) is 30.3 Å². The molecule has 0 aromatic heterocycles. The first-order chi connectivity index (χ1) is 11.2. The van der Waals surface area contributed by atoms with Gasteiger partial charge in [0, 0.05) is 30.8 Å². The fourth-order valence-corrected chi connectivity index (χ4v) is 4.64. The number of hydrogen-bond acceptors (Lipinski definition) is 4. The predicted octanol–water partition coefficient (Wildman–Crippen LogP) is 1.20. The van der Waals surface area contributed by atoms with Gasteiger partial charge < -0.3 is 15.3 Å². The van der Waals surface area contributed by atoms with Crippen LogP contribution in [0.2, 0.25) is 0 Å². The van der Waals surface area contributed by atoms with Crippen LogP contribution in [0.5, 0.6) is 0 Å². The van der Waals surface area contributed by atoms with E-state index in [1.165, 1.54) is 0 Å². The molecule has 5 nitrogen and oxygen atoms in total. The van der Waals surface area contributed by atoms with Crippen molar-refractivity contribution in [1.82, 2.24) is 10.2 Å². The van der Waals surface area contributed by atoms with E-state index in [0.29, 0.717) is 11.7 Å². The van der Waals surface area contributed by atoms with Gasteiger partial charge in [0.15, 0.2) is 0 Å². The summed E-state index contributed by atoms with van der Waals surface area (Å²) in [5.41, 5.74) is 0. The van der Waals surface area contributed by atoms with E-state index >= 15 is 0 Å². The third-order valence-electron chi connectivity index (χ3n) is 6.11. The topological polar surface area (TPSA) is 69.6 Å². The number of amides is 1. The first kappa shape index (κ1) is 16.9. The molecule has 1 saturated heterocycles. The van der Waals surface area contributed by atoms with Crippen LogP contribution in [0.15, 0.2) is 0 Å². The van der Waals surface area contributed by atoms with E-state index in [0.717, 1.165) is 71.1 Å². The molecule has 0 aromatic rings. The monoisotopic (exact) mass is 322 g/mol. The third kappa shape index (κ3) is 4.13. The molecule has 2 N–H and O–H groups in total. The van der Waals surface area contributed by atoms with Gasteiger partial charge in [0.05, 0.1) is 6.61 Å². The van der Waals surface area contributed by atoms with Crippen molar-refractivity contribution in [3.8, 4) is 0 Å². The lowest BCUT2D eigenvalue weighted by molar-refractivity contribution is -0.137. The van der Waals surface area contributed by atoms with Crippen molar-refractivity contribution in [2.75, 3.05) is 32.8 Å². The van der Waals surface area contributed by atoms with E-state index in [4.69, 9.17) is 5.11 Å². The molecule has 2 saturated carbocycles. The Bertz CT molecular complexity index is 416. The molecule has 3 atom stereocenters. The number of carbonyl (C=O) groups excluding carboxylic acids is 2. The Labute approximate surface area is 138 Å². The van der Waals surface area contributed by atoms with Gasteiger partial charge in [-0.05, 0) is 57.5 Å². The minimum absolute atomic E-state index is 0.0532. The molecule has 130 valence electrons. The molecule has 0 aromatic carbocycles. The molecule has 5 heteroatoms. The van der Waals surface area contributed by atoms with Gasteiger partial charge >= 0.3 is 0 Å². The maximum Gasteiger partial charge on any atom is 0.223 e. The van der Waals surface area contributed by atoms with Gasteiger partial charge in [-0.25, -0.2) is 0 Å². The van der Waals surface area contributed by atoms with Crippen LogP contribution in [0, 0.1) is 23.7 Å². The van der Waals surface area contributed by atoms with Crippen LogP contribution in [-0.4, -0.2) is 54.5 Å². The average Bonchev–Trinajstić information content (AvgIpc) is 2.54. The first-order valence-electron chi connectivity index (χ1n) is 9.32. The number of nitrogens with zero attached hydrogens (tertiary/aromatic N) is 1. The number of rotatable bonds is 5. The summed E-state index contributed by atoms with van der Waals surface area (Å²) in [6.07, 6.45) is 6.86.